The number of nitrogens with one attached hydrogen (secondary N) is 1. The van der Waals surface area contributed by atoms with Gasteiger partial charge in [-0.2, -0.15) is 0 Å². The predicted molar refractivity (Wildman–Crippen MR) is 91.3 cm³/mol. The van der Waals surface area contributed by atoms with Gasteiger partial charge in [0.05, 0.1) is 5.69 Å². The van der Waals surface area contributed by atoms with Crippen LogP contribution in [0.5, 0.6) is 0 Å². The van der Waals surface area contributed by atoms with Gasteiger partial charge in [-0.05, 0) is 31.9 Å². The Hall–Kier alpha value is -2.18. The summed E-state index contributed by atoms with van der Waals surface area (Å²) in [7, 11) is 0. The summed E-state index contributed by atoms with van der Waals surface area (Å²) in [6.45, 7) is 5.91. The second-order valence-corrected chi connectivity index (χ2v) is 6.39. The first-order valence-corrected chi connectivity index (χ1v) is 8.25. The molecule has 3 rings (SSSR count). The van der Waals surface area contributed by atoms with Crippen LogP contribution in [0.25, 0.3) is 11.0 Å². The number of amides is 1. The van der Waals surface area contributed by atoms with Crippen molar-refractivity contribution in [1.82, 2.24) is 4.98 Å². The second-order valence-electron chi connectivity index (χ2n) is 5.53. The minimum absolute atomic E-state index is 0.0400. The third kappa shape index (κ3) is 2.87. The summed E-state index contributed by atoms with van der Waals surface area (Å²) >= 11 is 1.34. The van der Waals surface area contributed by atoms with Crippen molar-refractivity contribution in [2.45, 2.75) is 27.2 Å². The fourth-order valence-corrected chi connectivity index (χ4v) is 3.38. The molecule has 2 heterocycles. The molecule has 0 radical (unpaired) electrons. The molecule has 23 heavy (non-hydrogen) atoms. The summed E-state index contributed by atoms with van der Waals surface area (Å²) in [5.74, 6) is 0.0127. The van der Waals surface area contributed by atoms with Crippen LogP contribution in [0.15, 0.2) is 21.9 Å². The molecule has 2 aromatic heterocycles. The lowest BCUT2D eigenvalue weighted by atomic mass is 10.0. The van der Waals surface area contributed by atoms with E-state index in [9.17, 15) is 4.79 Å². The van der Waals surface area contributed by atoms with Gasteiger partial charge in [0, 0.05) is 29.4 Å². The van der Waals surface area contributed by atoms with Crippen LogP contribution < -0.4 is 5.32 Å². The Morgan fingerprint density at radius 1 is 1.30 bits per heavy atom. The number of nitrogens with zero attached hydrogens (tertiary/aromatic N) is 1. The number of carbonyl (C=O) groups is 1. The van der Waals surface area contributed by atoms with Gasteiger partial charge < -0.3 is 9.52 Å². The van der Waals surface area contributed by atoms with Crippen molar-refractivity contribution in [3.8, 4) is 0 Å². The molecule has 0 aliphatic rings. The minimum Gasteiger partial charge on any atom is -0.450 e. The fraction of sp³-hybridized carbons (Fsp3) is 0.294. The molecule has 2 N–H and O–H groups in total. The van der Waals surface area contributed by atoms with Gasteiger partial charge in [-0.25, -0.2) is 4.98 Å². The van der Waals surface area contributed by atoms with Crippen molar-refractivity contribution in [3.05, 3.63) is 45.7 Å². The largest absolute Gasteiger partial charge is 0.450 e. The number of benzene rings is 1. The Kier molecular flexibility index (Phi) is 4.19. The molecule has 0 spiro atoms. The van der Waals surface area contributed by atoms with Crippen LogP contribution in [0, 0.1) is 20.8 Å². The molecule has 0 bridgehead atoms. The summed E-state index contributed by atoms with van der Waals surface area (Å²) < 4.78 is 5.82. The molecule has 0 aliphatic carbocycles. The number of rotatable bonds is 4. The maximum atomic E-state index is 12.5. The summed E-state index contributed by atoms with van der Waals surface area (Å²) in [6.07, 6.45) is 0.481. The zero-order valence-electron chi connectivity index (χ0n) is 13.3. The first-order valence-electron chi connectivity index (χ1n) is 7.37. The standard InChI is InChI=1S/C17H18N2O3S/c1-9-4-5-10(2)14-13(9)11(3)15(22-14)16(21)19-17-18-12(6-7-20)8-23-17/h4-5,8,20H,6-7H2,1-3H3,(H,18,19,21). The van der Waals surface area contributed by atoms with E-state index in [0.717, 1.165) is 33.4 Å². The molecule has 0 saturated carbocycles. The van der Waals surface area contributed by atoms with Crippen LogP contribution in [0.4, 0.5) is 5.13 Å². The van der Waals surface area contributed by atoms with E-state index in [4.69, 9.17) is 9.52 Å². The first-order chi connectivity index (χ1) is 11.0. The smallest absolute Gasteiger partial charge is 0.293 e. The second kappa shape index (κ2) is 6.14. The van der Waals surface area contributed by atoms with Gasteiger partial charge in [-0.1, -0.05) is 12.1 Å². The van der Waals surface area contributed by atoms with E-state index in [0.29, 0.717) is 17.3 Å². The van der Waals surface area contributed by atoms with Crippen LogP contribution in [-0.4, -0.2) is 22.6 Å². The fourth-order valence-electron chi connectivity index (χ4n) is 2.64. The number of furan rings is 1. The normalized spacial score (nSPS) is 11.1. The minimum atomic E-state index is -0.303. The third-order valence-electron chi connectivity index (χ3n) is 3.83. The molecular weight excluding hydrogens is 312 g/mol. The molecule has 6 heteroatoms. The van der Waals surface area contributed by atoms with E-state index in [1.54, 1.807) is 0 Å². The number of hydrogen-bond donors (Lipinski definition) is 2. The molecular formula is C17H18N2O3S. The van der Waals surface area contributed by atoms with Gasteiger partial charge in [0.25, 0.3) is 5.91 Å². The molecule has 0 fully saturated rings. The van der Waals surface area contributed by atoms with E-state index in [1.807, 2.05) is 38.3 Å². The maximum absolute atomic E-state index is 12.5. The monoisotopic (exact) mass is 330 g/mol. The zero-order valence-corrected chi connectivity index (χ0v) is 14.1. The highest BCUT2D eigenvalue weighted by Gasteiger charge is 2.20. The average Bonchev–Trinajstić information content (AvgIpc) is 3.09. The number of anilines is 1. The van der Waals surface area contributed by atoms with E-state index in [-0.39, 0.29) is 12.5 Å². The molecule has 0 saturated heterocycles. The summed E-state index contributed by atoms with van der Waals surface area (Å²) in [6, 6.07) is 4.02. The van der Waals surface area contributed by atoms with Crippen molar-refractivity contribution >= 4 is 33.3 Å². The van der Waals surface area contributed by atoms with Crippen LogP contribution in [0.1, 0.15) is 32.9 Å². The van der Waals surface area contributed by atoms with E-state index < -0.39 is 0 Å². The number of aryl methyl sites for hydroxylation is 3. The van der Waals surface area contributed by atoms with Crippen molar-refractivity contribution < 1.29 is 14.3 Å². The summed E-state index contributed by atoms with van der Waals surface area (Å²) in [5, 5.41) is 15.0. The van der Waals surface area contributed by atoms with Gasteiger partial charge in [0.15, 0.2) is 10.9 Å². The number of aliphatic hydroxyl groups is 1. The Morgan fingerprint density at radius 2 is 2.04 bits per heavy atom. The molecule has 0 atom stereocenters. The predicted octanol–water partition coefficient (Wildman–Crippen LogP) is 3.60. The van der Waals surface area contributed by atoms with E-state index in [2.05, 4.69) is 10.3 Å². The SMILES string of the molecule is Cc1ccc(C)c2c(C)c(C(=O)Nc3nc(CCO)cs3)oc12. The van der Waals surface area contributed by atoms with Crippen molar-refractivity contribution in [3.63, 3.8) is 0 Å². The Morgan fingerprint density at radius 3 is 2.74 bits per heavy atom. The molecule has 1 amide bonds. The van der Waals surface area contributed by atoms with Crippen molar-refractivity contribution in [2.75, 3.05) is 11.9 Å². The quantitative estimate of drug-likeness (QED) is 0.766. The Bertz CT molecular complexity index is 879. The summed E-state index contributed by atoms with van der Waals surface area (Å²) in [5.41, 5.74) is 4.46. The van der Waals surface area contributed by atoms with Crippen LogP contribution in [0.2, 0.25) is 0 Å². The average molecular weight is 330 g/mol. The summed E-state index contributed by atoms with van der Waals surface area (Å²) in [4.78, 5) is 16.8. The van der Waals surface area contributed by atoms with Crippen LogP contribution in [0.3, 0.4) is 0 Å². The van der Waals surface area contributed by atoms with Gasteiger partial charge in [-0.3, -0.25) is 10.1 Å². The number of aromatic nitrogens is 1. The van der Waals surface area contributed by atoms with Gasteiger partial charge in [0.2, 0.25) is 0 Å². The highest BCUT2D eigenvalue weighted by Crippen LogP contribution is 2.31. The van der Waals surface area contributed by atoms with Gasteiger partial charge >= 0.3 is 0 Å². The Balaban J connectivity index is 1.93. The van der Waals surface area contributed by atoms with Crippen LogP contribution in [-0.2, 0) is 6.42 Å². The number of aliphatic hydroxyl groups excluding tert-OH is 1. The van der Waals surface area contributed by atoms with Gasteiger partial charge in [-0.15, -0.1) is 11.3 Å². The van der Waals surface area contributed by atoms with E-state index >= 15 is 0 Å². The van der Waals surface area contributed by atoms with Crippen LogP contribution >= 0.6 is 11.3 Å². The van der Waals surface area contributed by atoms with Gasteiger partial charge in [0.1, 0.15) is 5.58 Å². The molecule has 1 aromatic carbocycles. The number of carbonyl (C=O) groups excluding carboxylic acids is 1. The molecule has 0 aliphatic heterocycles. The number of fused-ring (bicyclic) bond motifs is 1. The zero-order chi connectivity index (χ0) is 16.6. The highest BCUT2D eigenvalue weighted by molar-refractivity contribution is 7.13. The third-order valence-corrected chi connectivity index (χ3v) is 4.64. The number of hydrogen-bond acceptors (Lipinski definition) is 5. The molecule has 5 nitrogen and oxygen atoms in total. The lowest BCUT2D eigenvalue weighted by Gasteiger charge is -1.99. The highest BCUT2D eigenvalue weighted by atomic mass is 32.1. The molecule has 120 valence electrons. The lowest BCUT2D eigenvalue weighted by molar-refractivity contribution is 0.0998. The topological polar surface area (TPSA) is 75.4 Å². The molecule has 3 aromatic rings. The van der Waals surface area contributed by atoms with Crippen molar-refractivity contribution in [2.24, 2.45) is 0 Å². The maximum Gasteiger partial charge on any atom is 0.293 e. The van der Waals surface area contributed by atoms with E-state index in [1.165, 1.54) is 11.3 Å². The number of thiazole rings is 1. The lowest BCUT2D eigenvalue weighted by Crippen LogP contribution is -2.12. The molecule has 0 unspecified atom stereocenters. The Labute approximate surface area is 138 Å². The first kappa shape index (κ1) is 15.7. The van der Waals surface area contributed by atoms with Crippen molar-refractivity contribution in [1.29, 1.82) is 0 Å².